The molecule has 1 N–H and O–H groups in total. The minimum absolute atomic E-state index is 0.0197. The van der Waals surface area contributed by atoms with Crippen LogP contribution in [-0.2, 0) is 16.0 Å². The highest BCUT2D eigenvalue weighted by Gasteiger charge is 2.36. The zero-order valence-corrected chi connectivity index (χ0v) is 20.1. The molecule has 2 amide bonds. The van der Waals surface area contributed by atoms with Crippen molar-refractivity contribution >= 4 is 28.8 Å². The van der Waals surface area contributed by atoms with Crippen LogP contribution in [0, 0.1) is 5.82 Å². The van der Waals surface area contributed by atoms with Gasteiger partial charge in [-0.25, -0.2) is 4.39 Å². The van der Waals surface area contributed by atoms with Crippen LogP contribution in [0.1, 0.15) is 42.2 Å². The van der Waals surface area contributed by atoms with Crippen molar-refractivity contribution in [2.45, 2.75) is 44.2 Å². The van der Waals surface area contributed by atoms with Crippen LogP contribution in [0.15, 0.2) is 60.0 Å². The average Bonchev–Trinajstić information content (AvgIpc) is 3.57. The van der Waals surface area contributed by atoms with Crippen molar-refractivity contribution in [1.29, 1.82) is 0 Å². The number of thiophene rings is 1. The molecule has 1 saturated carbocycles. The highest BCUT2D eigenvalue weighted by molar-refractivity contribution is 7.10. The lowest BCUT2D eigenvalue weighted by atomic mass is 10.0. The lowest BCUT2D eigenvalue weighted by Crippen LogP contribution is -2.47. The Morgan fingerprint density at radius 2 is 1.80 bits per heavy atom. The molecule has 1 aromatic heterocycles. The Hall–Kier alpha value is -3.39. The summed E-state index contributed by atoms with van der Waals surface area (Å²) in [7, 11) is 0. The van der Waals surface area contributed by atoms with Gasteiger partial charge in [-0.2, -0.15) is 0 Å². The molecule has 2 heterocycles. The molecular formula is C27H27FN2O4S. The third-order valence-electron chi connectivity index (χ3n) is 6.39. The highest BCUT2D eigenvalue weighted by Crippen LogP contribution is 2.38. The van der Waals surface area contributed by atoms with Gasteiger partial charge in [0.15, 0.2) is 11.5 Å². The molecule has 1 fully saturated rings. The van der Waals surface area contributed by atoms with Crippen molar-refractivity contribution in [3.05, 3.63) is 76.2 Å². The summed E-state index contributed by atoms with van der Waals surface area (Å²) < 4.78 is 26.5. The maximum absolute atomic E-state index is 15.1. The Morgan fingerprint density at radius 1 is 1.03 bits per heavy atom. The van der Waals surface area contributed by atoms with E-state index >= 15 is 4.39 Å². The van der Waals surface area contributed by atoms with E-state index < -0.39 is 17.8 Å². The maximum Gasteiger partial charge on any atom is 0.248 e. The Labute approximate surface area is 207 Å². The van der Waals surface area contributed by atoms with E-state index in [1.165, 1.54) is 22.3 Å². The van der Waals surface area contributed by atoms with Crippen molar-refractivity contribution in [2.24, 2.45) is 0 Å². The molecule has 1 aliphatic carbocycles. The van der Waals surface area contributed by atoms with Crippen LogP contribution < -0.4 is 19.7 Å². The smallest absolute Gasteiger partial charge is 0.248 e. The number of nitrogens with zero attached hydrogens (tertiary/aromatic N) is 1. The minimum Gasteiger partial charge on any atom is -0.486 e. The second kappa shape index (κ2) is 10.5. The highest BCUT2D eigenvalue weighted by atomic mass is 32.1. The van der Waals surface area contributed by atoms with Crippen molar-refractivity contribution in [3.63, 3.8) is 0 Å². The quantitative estimate of drug-likeness (QED) is 0.500. The lowest BCUT2D eigenvalue weighted by molar-refractivity contribution is -0.127. The second-order valence-corrected chi connectivity index (χ2v) is 9.79. The van der Waals surface area contributed by atoms with E-state index in [2.05, 4.69) is 5.32 Å². The molecular weight excluding hydrogens is 467 g/mol. The van der Waals surface area contributed by atoms with Crippen molar-refractivity contribution in [3.8, 4) is 11.5 Å². The van der Waals surface area contributed by atoms with Crippen LogP contribution in [0.4, 0.5) is 10.1 Å². The molecule has 182 valence electrons. The minimum atomic E-state index is -1.17. The van der Waals surface area contributed by atoms with E-state index in [1.54, 1.807) is 36.4 Å². The zero-order chi connectivity index (χ0) is 24.2. The number of anilines is 1. The Balaban J connectivity index is 1.59. The van der Waals surface area contributed by atoms with Crippen LogP contribution in [0.25, 0.3) is 0 Å². The number of carbonyl (C=O) groups excluding carboxylic acids is 2. The van der Waals surface area contributed by atoms with E-state index in [-0.39, 0.29) is 23.9 Å². The first-order valence-corrected chi connectivity index (χ1v) is 12.8. The summed E-state index contributed by atoms with van der Waals surface area (Å²) >= 11 is 1.47. The number of amides is 2. The number of ether oxygens (including phenoxy) is 2. The van der Waals surface area contributed by atoms with Gasteiger partial charge in [0.1, 0.15) is 25.1 Å². The molecule has 2 aromatic carbocycles. The topological polar surface area (TPSA) is 67.9 Å². The molecule has 0 unspecified atom stereocenters. The summed E-state index contributed by atoms with van der Waals surface area (Å²) in [6.07, 6.45) is 3.93. The van der Waals surface area contributed by atoms with E-state index in [9.17, 15) is 9.59 Å². The van der Waals surface area contributed by atoms with E-state index in [4.69, 9.17) is 9.47 Å². The van der Waals surface area contributed by atoms with E-state index in [0.29, 0.717) is 30.4 Å². The molecule has 1 atom stereocenters. The summed E-state index contributed by atoms with van der Waals surface area (Å²) in [6.45, 7) is 0.827. The first kappa shape index (κ1) is 23.4. The summed E-state index contributed by atoms with van der Waals surface area (Å²) in [5.74, 6) is -0.171. The summed E-state index contributed by atoms with van der Waals surface area (Å²) in [5.41, 5.74) is 0.600. The van der Waals surface area contributed by atoms with Gasteiger partial charge in [0.2, 0.25) is 11.8 Å². The predicted molar refractivity (Wildman–Crippen MR) is 132 cm³/mol. The first-order chi connectivity index (χ1) is 17.1. The normalized spacial score (nSPS) is 16.0. The van der Waals surface area contributed by atoms with Gasteiger partial charge in [0, 0.05) is 28.2 Å². The fourth-order valence-electron chi connectivity index (χ4n) is 4.71. The monoisotopic (exact) mass is 494 g/mol. The van der Waals surface area contributed by atoms with Gasteiger partial charge in [-0.15, -0.1) is 11.3 Å². The molecule has 6 nitrogen and oxygen atoms in total. The van der Waals surface area contributed by atoms with Crippen molar-refractivity contribution in [2.75, 3.05) is 18.1 Å². The number of carbonyl (C=O) groups is 2. The summed E-state index contributed by atoms with van der Waals surface area (Å²) in [6, 6.07) is 13.9. The van der Waals surface area contributed by atoms with Crippen LogP contribution in [-0.4, -0.2) is 31.1 Å². The first-order valence-electron chi connectivity index (χ1n) is 11.9. The predicted octanol–water partition coefficient (Wildman–Crippen LogP) is 5.03. The van der Waals surface area contributed by atoms with Gasteiger partial charge >= 0.3 is 0 Å². The third-order valence-corrected chi connectivity index (χ3v) is 7.26. The van der Waals surface area contributed by atoms with Gasteiger partial charge in [0.05, 0.1) is 6.42 Å². The van der Waals surface area contributed by atoms with Crippen molar-refractivity contribution < 1.29 is 23.5 Å². The molecule has 0 saturated heterocycles. The Bertz CT molecular complexity index is 1190. The Kier molecular flexibility index (Phi) is 6.99. The fourth-order valence-corrected chi connectivity index (χ4v) is 5.41. The number of hydrogen-bond acceptors (Lipinski definition) is 5. The van der Waals surface area contributed by atoms with Crippen LogP contribution >= 0.6 is 11.3 Å². The van der Waals surface area contributed by atoms with Gasteiger partial charge < -0.3 is 14.8 Å². The second-order valence-electron chi connectivity index (χ2n) is 8.76. The molecule has 2 aliphatic rings. The number of hydrogen-bond donors (Lipinski definition) is 1. The molecule has 0 spiro atoms. The largest absolute Gasteiger partial charge is 0.486 e. The summed E-state index contributed by atoms with van der Waals surface area (Å²) in [5, 5.41) is 4.98. The standard InChI is InChI=1S/C27H27FN2O4S/c28-22-10-4-3-9-21(22)26(27(32)29-18-6-1-2-7-18)30(25(31)17-20-8-5-15-35-20)19-11-12-23-24(16-19)34-14-13-33-23/h3-5,8-12,15-16,18,26H,1-2,6-7,13-14,17H2,(H,29,32)/t26-/m1/s1. The number of rotatable bonds is 7. The molecule has 8 heteroatoms. The third kappa shape index (κ3) is 5.17. The molecule has 0 radical (unpaired) electrons. The summed E-state index contributed by atoms with van der Waals surface area (Å²) in [4.78, 5) is 29.8. The van der Waals surface area contributed by atoms with Crippen LogP contribution in [0.2, 0.25) is 0 Å². The van der Waals surface area contributed by atoms with E-state index in [0.717, 1.165) is 30.6 Å². The Morgan fingerprint density at radius 3 is 2.54 bits per heavy atom. The van der Waals surface area contributed by atoms with Crippen molar-refractivity contribution in [1.82, 2.24) is 5.32 Å². The van der Waals surface area contributed by atoms with Gasteiger partial charge in [-0.05, 0) is 42.5 Å². The molecule has 35 heavy (non-hydrogen) atoms. The fraction of sp³-hybridized carbons (Fsp3) is 0.333. The number of nitrogens with one attached hydrogen (secondary N) is 1. The molecule has 3 aromatic rings. The molecule has 0 bridgehead atoms. The van der Waals surface area contributed by atoms with Gasteiger partial charge in [-0.1, -0.05) is 37.1 Å². The SMILES string of the molecule is O=C(NC1CCCC1)[C@@H](c1ccccc1F)N(C(=O)Cc1cccs1)c1ccc2c(c1)OCCO2. The lowest BCUT2D eigenvalue weighted by Gasteiger charge is -2.33. The number of benzene rings is 2. The maximum atomic E-state index is 15.1. The molecule has 1 aliphatic heterocycles. The number of fused-ring (bicyclic) bond motifs is 1. The van der Waals surface area contributed by atoms with Gasteiger partial charge in [0.25, 0.3) is 0 Å². The van der Waals surface area contributed by atoms with E-state index in [1.807, 2.05) is 17.5 Å². The molecule has 5 rings (SSSR count). The van der Waals surface area contributed by atoms with Crippen LogP contribution in [0.5, 0.6) is 11.5 Å². The van der Waals surface area contributed by atoms with Gasteiger partial charge in [-0.3, -0.25) is 14.5 Å². The number of halogens is 1. The average molecular weight is 495 g/mol. The van der Waals surface area contributed by atoms with Crippen LogP contribution in [0.3, 0.4) is 0 Å². The zero-order valence-electron chi connectivity index (χ0n) is 19.2.